The van der Waals surface area contributed by atoms with Crippen molar-refractivity contribution in [1.82, 2.24) is 4.57 Å². The highest BCUT2D eigenvalue weighted by atomic mass is 35.5. The fraction of sp³-hybridized carbons (Fsp3) is 0.429. The van der Waals surface area contributed by atoms with Crippen molar-refractivity contribution in [3.05, 3.63) is 58.9 Å². The van der Waals surface area contributed by atoms with E-state index >= 15 is 0 Å². The van der Waals surface area contributed by atoms with Crippen LogP contribution in [0, 0.1) is 11.3 Å². The summed E-state index contributed by atoms with van der Waals surface area (Å²) in [4.78, 5) is 24.4. The number of ether oxygens (including phenoxy) is 1. The molecule has 1 aromatic heterocycles. The minimum absolute atomic E-state index is 0.0502. The first-order chi connectivity index (χ1) is 13.3. The van der Waals surface area contributed by atoms with Crippen LogP contribution in [0.25, 0.3) is 0 Å². The van der Waals surface area contributed by atoms with E-state index < -0.39 is 22.9 Å². The Balaban J connectivity index is 1.43. The number of amides is 1. The third-order valence-electron chi connectivity index (χ3n) is 5.77. The lowest BCUT2D eigenvalue weighted by atomic mass is 9.56. The molecule has 0 saturated heterocycles. The third-order valence-corrected chi connectivity index (χ3v) is 5.99. The van der Waals surface area contributed by atoms with E-state index in [0.29, 0.717) is 29.7 Å². The number of nitrogens with two attached hydrogens (primary N) is 1. The van der Waals surface area contributed by atoms with E-state index in [1.807, 2.05) is 47.3 Å². The van der Waals surface area contributed by atoms with Gasteiger partial charge in [0.1, 0.15) is 0 Å². The van der Waals surface area contributed by atoms with Crippen molar-refractivity contribution in [2.24, 2.45) is 17.1 Å². The summed E-state index contributed by atoms with van der Waals surface area (Å²) in [5.74, 6) is -0.952. The highest BCUT2D eigenvalue weighted by Gasteiger charge is 2.64. The molecule has 2 fully saturated rings. The number of aliphatic hydroxyl groups is 1. The summed E-state index contributed by atoms with van der Waals surface area (Å²) in [5.41, 5.74) is 4.51. The first-order valence-electron chi connectivity index (χ1n) is 9.41. The number of esters is 1. The van der Waals surface area contributed by atoms with Gasteiger partial charge >= 0.3 is 5.97 Å². The molecule has 28 heavy (non-hydrogen) atoms. The quantitative estimate of drug-likeness (QED) is 0.549. The van der Waals surface area contributed by atoms with Gasteiger partial charge in [-0.2, -0.15) is 0 Å². The number of aromatic nitrogens is 1. The molecule has 0 spiro atoms. The van der Waals surface area contributed by atoms with Crippen LogP contribution in [-0.2, 0) is 26.5 Å². The average Bonchev–Trinajstić information content (AvgIpc) is 3.38. The van der Waals surface area contributed by atoms with Gasteiger partial charge in [0.2, 0.25) is 5.91 Å². The molecule has 2 aromatic rings. The van der Waals surface area contributed by atoms with Gasteiger partial charge in [-0.05, 0) is 36.0 Å². The van der Waals surface area contributed by atoms with Gasteiger partial charge in [-0.25, -0.2) is 0 Å². The van der Waals surface area contributed by atoms with Gasteiger partial charge in [0.05, 0.1) is 17.2 Å². The van der Waals surface area contributed by atoms with Crippen molar-refractivity contribution in [1.29, 1.82) is 0 Å². The SMILES string of the molecule is NC(=O)C1(C(=O)OCC2CC2)CC(O)(c2ccc(Cn3ccc(Cl)c3)cc2)C1. The molecule has 0 bridgehead atoms. The molecular formula is C21H23ClN2O4. The number of carbonyl (C=O) groups is 2. The monoisotopic (exact) mass is 402 g/mol. The Labute approximate surface area is 168 Å². The standard InChI is InChI=1S/C21H23ClN2O4/c22-17-7-8-24(10-17)9-14-3-5-16(6-4-14)21(27)12-20(13-21,18(23)25)19(26)28-11-15-1-2-15/h3-8,10,15,27H,1-2,9,11-13H2,(H2,23,25). The van der Waals surface area contributed by atoms with E-state index in [1.165, 1.54) is 0 Å². The van der Waals surface area contributed by atoms with E-state index in [9.17, 15) is 14.7 Å². The van der Waals surface area contributed by atoms with Crippen LogP contribution < -0.4 is 5.73 Å². The Bertz CT molecular complexity index is 895. The van der Waals surface area contributed by atoms with Crippen LogP contribution >= 0.6 is 11.6 Å². The molecule has 2 saturated carbocycles. The van der Waals surface area contributed by atoms with Crippen molar-refractivity contribution in [2.45, 2.75) is 37.8 Å². The fourth-order valence-corrected chi connectivity index (χ4v) is 4.01. The van der Waals surface area contributed by atoms with Crippen molar-refractivity contribution in [3.8, 4) is 0 Å². The van der Waals surface area contributed by atoms with Crippen LogP contribution in [0.15, 0.2) is 42.7 Å². The van der Waals surface area contributed by atoms with Gasteiger partial charge < -0.3 is 20.1 Å². The smallest absolute Gasteiger partial charge is 0.321 e. The van der Waals surface area contributed by atoms with Crippen LogP contribution in [0.5, 0.6) is 0 Å². The van der Waals surface area contributed by atoms with E-state index in [0.717, 1.165) is 18.4 Å². The second-order valence-electron chi connectivity index (χ2n) is 8.07. The summed E-state index contributed by atoms with van der Waals surface area (Å²) in [6.45, 7) is 0.981. The van der Waals surface area contributed by atoms with Gasteiger partial charge in [0.15, 0.2) is 5.41 Å². The average molecular weight is 403 g/mol. The number of nitrogens with zero attached hydrogens (tertiary/aromatic N) is 1. The predicted molar refractivity (Wildman–Crippen MR) is 103 cm³/mol. The van der Waals surface area contributed by atoms with Gasteiger partial charge in [-0.15, -0.1) is 0 Å². The maximum atomic E-state index is 12.5. The molecule has 7 heteroatoms. The largest absolute Gasteiger partial charge is 0.465 e. The zero-order chi connectivity index (χ0) is 19.9. The van der Waals surface area contributed by atoms with Gasteiger partial charge in [0, 0.05) is 31.8 Å². The van der Waals surface area contributed by atoms with Crippen molar-refractivity contribution in [2.75, 3.05) is 6.61 Å². The molecule has 0 radical (unpaired) electrons. The van der Waals surface area contributed by atoms with E-state index in [1.54, 1.807) is 0 Å². The van der Waals surface area contributed by atoms with Gasteiger partial charge in [-0.1, -0.05) is 35.9 Å². The molecule has 2 aliphatic rings. The summed E-state index contributed by atoms with van der Waals surface area (Å²) in [5, 5.41) is 11.6. The molecule has 0 unspecified atom stereocenters. The fourth-order valence-electron chi connectivity index (χ4n) is 3.83. The number of carbonyl (C=O) groups excluding carboxylic acids is 2. The normalized spacial score (nSPS) is 26.5. The Morgan fingerprint density at radius 3 is 2.43 bits per heavy atom. The molecule has 148 valence electrons. The molecule has 4 rings (SSSR count). The van der Waals surface area contributed by atoms with E-state index in [-0.39, 0.29) is 12.8 Å². The molecule has 1 aromatic carbocycles. The first-order valence-corrected chi connectivity index (χ1v) is 9.79. The second-order valence-corrected chi connectivity index (χ2v) is 8.51. The summed E-state index contributed by atoms with van der Waals surface area (Å²) < 4.78 is 7.25. The van der Waals surface area contributed by atoms with Crippen LogP contribution in [0.3, 0.4) is 0 Å². The molecule has 2 aliphatic carbocycles. The Morgan fingerprint density at radius 2 is 1.89 bits per heavy atom. The Hall–Kier alpha value is -2.31. The molecule has 1 heterocycles. The molecule has 6 nitrogen and oxygen atoms in total. The number of rotatable bonds is 7. The number of primary amides is 1. The topological polar surface area (TPSA) is 94.6 Å². The van der Waals surface area contributed by atoms with Gasteiger partial charge in [0.25, 0.3) is 0 Å². The van der Waals surface area contributed by atoms with Crippen molar-refractivity contribution in [3.63, 3.8) is 0 Å². The van der Waals surface area contributed by atoms with E-state index in [4.69, 9.17) is 22.1 Å². The third kappa shape index (κ3) is 3.54. The van der Waals surface area contributed by atoms with Crippen LogP contribution in [-0.4, -0.2) is 28.2 Å². The first kappa shape index (κ1) is 19.0. The molecule has 0 atom stereocenters. The number of halogens is 1. The molecule has 3 N–H and O–H groups in total. The number of hydrogen-bond donors (Lipinski definition) is 2. The molecule has 1 amide bonds. The Kier molecular flexibility index (Phi) is 4.71. The van der Waals surface area contributed by atoms with Crippen LogP contribution in [0.4, 0.5) is 0 Å². The summed E-state index contributed by atoms with van der Waals surface area (Å²) in [7, 11) is 0. The van der Waals surface area contributed by atoms with Crippen molar-refractivity contribution < 1.29 is 19.4 Å². The molecular weight excluding hydrogens is 380 g/mol. The summed E-state index contributed by atoms with van der Waals surface area (Å²) >= 11 is 5.93. The van der Waals surface area contributed by atoms with Crippen molar-refractivity contribution >= 4 is 23.5 Å². The van der Waals surface area contributed by atoms with Crippen LogP contribution in [0.2, 0.25) is 5.02 Å². The highest BCUT2D eigenvalue weighted by molar-refractivity contribution is 6.30. The minimum atomic E-state index is -1.44. The van der Waals surface area contributed by atoms with E-state index in [2.05, 4.69) is 0 Å². The predicted octanol–water partition coefficient (Wildman–Crippen LogP) is 2.60. The Morgan fingerprint density at radius 1 is 1.21 bits per heavy atom. The lowest BCUT2D eigenvalue weighted by Crippen LogP contribution is -2.60. The van der Waals surface area contributed by atoms with Gasteiger partial charge in [-0.3, -0.25) is 9.59 Å². The number of hydrogen-bond acceptors (Lipinski definition) is 4. The maximum Gasteiger partial charge on any atom is 0.321 e. The summed E-state index contributed by atoms with van der Waals surface area (Å²) in [6.07, 6.45) is 5.72. The minimum Gasteiger partial charge on any atom is -0.465 e. The van der Waals surface area contributed by atoms with Crippen LogP contribution in [0.1, 0.15) is 36.8 Å². The highest BCUT2D eigenvalue weighted by Crippen LogP contribution is 2.55. The zero-order valence-electron chi connectivity index (χ0n) is 15.4. The maximum absolute atomic E-state index is 12.5. The lowest BCUT2D eigenvalue weighted by Gasteiger charge is -2.49. The zero-order valence-corrected chi connectivity index (χ0v) is 16.2. The second kappa shape index (κ2) is 6.94. The lowest BCUT2D eigenvalue weighted by molar-refractivity contribution is -0.192. The molecule has 0 aliphatic heterocycles. The number of benzene rings is 1. The summed E-state index contributed by atoms with van der Waals surface area (Å²) in [6, 6.07) is 9.29.